The number of hydrogen-bond acceptors (Lipinski definition) is 4. The molecule has 8 nitrogen and oxygen atoms in total. The molecule has 0 amide bonds. The number of benzene rings is 2. The average Bonchev–Trinajstić information content (AvgIpc) is 2.55. The molecule has 0 aromatic heterocycles. The van der Waals surface area contributed by atoms with E-state index in [-0.39, 0.29) is 35.7 Å². The summed E-state index contributed by atoms with van der Waals surface area (Å²) in [4.78, 5) is 41.9. The molecule has 2 aromatic carbocycles. The van der Waals surface area contributed by atoms with Crippen molar-refractivity contribution in [3.8, 4) is 0 Å². The van der Waals surface area contributed by atoms with Crippen LogP contribution >= 0.6 is 13.5 Å². The summed E-state index contributed by atoms with van der Waals surface area (Å²) in [6.07, 6.45) is 0. The second-order valence-electron chi connectivity index (χ2n) is 4.31. The van der Waals surface area contributed by atoms with Gasteiger partial charge in [-0.1, -0.05) is 24.3 Å². The molecule has 2 aromatic rings. The molecule has 25 heavy (non-hydrogen) atoms. The third-order valence-electron chi connectivity index (χ3n) is 2.78. The van der Waals surface area contributed by atoms with Gasteiger partial charge >= 0.3 is 23.9 Å². The maximum Gasteiger partial charge on any atom is 0.336 e. The maximum atomic E-state index is 10.5. The summed E-state index contributed by atoms with van der Waals surface area (Å²) in [5.41, 5.74) is -0.759. The van der Waals surface area contributed by atoms with Crippen LogP contribution in [0.15, 0.2) is 48.5 Å². The van der Waals surface area contributed by atoms with Gasteiger partial charge in [0.1, 0.15) is 0 Å². The predicted molar refractivity (Wildman–Crippen MR) is 91.1 cm³/mol. The van der Waals surface area contributed by atoms with E-state index in [1.807, 2.05) is 0 Å². The van der Waals surface area contributed by atoms with Gasteiger partial charge in [-0.3, -0.25) is 0 Å². The Kier molecular flexibility index (Phi) is 8.43. The summed E-state index contributed by atoms with van der Waals surface area (Å²) < 4.78 is 0. The van der Waals surface area contributed by atoms with Crippen LogP contribution in [0, 0.1) is 0 Å². The number of rotatable bonds is 4. The summed E-state index contributed by atoms with van der Waals surface area (Å²) in [5.74, 6) is -4.91. The molecule has 0 saturated heterocycles. The summed E-state index contributed by atoms with van der Waals surface area (Å²) in [6.45, 7) is 0. The van der Waals surface area contributed by atoms with Crippen LogP contribution in [0.3, 0.4) is 0 Å². The van der Waals surface area contributed by atoms with Crippen molar-refractivity contribution >= 4 is 37.4 Å². The van der Waals surface area contributed by atoms with E-state index >= 15 is 0 Å². The zero-order valence-electron chi connectivity index (χ0n) is 12.5. The molecule has 0 unspecified atom stereocenters. The molecular weight excluding hydrogens is 352 g/mol. The Morgan fingerprint density at radius 2 is 0.640 bits per heavy atom. The molecule has 0 aliphatic rings. The first-order valence-electron chi connectivity index (χ1n) is 6.37. The Bertz CT molecular complexity index is 667. The van der Waals surface area contributed by atoms with E-state index in [0.29, 0.717) is 0 Å². The summed E-state index contributed by atoms with van der Waals surface area (Å²) in [5, 5.41) is 34.2. The zero-order valence-corrected chi connectivity index (χ0v) is 13.5. The van der Waals surface area contributed by atoms with E-state index in [2.05, 4.69) is 0 Å². The normalized spacial score (nSPS) is 8.96. The summed E-state index contributed by atoms with van der Waals surface area (Å²) in [7, 11) is 0. The van der Waals surface area contributed by atoms with Gasteiger partial charge in [-0.25, -0.2) is 19.2 Å². The molecule has 2 rings (SSSR count). The molecular formula is C16H14O8S. The van der Waals surface area contributed by atoms with Gasteiger partial charge in [0.15, 0.2) is 0 Å². The van der Waals surface area contributed by atoms with Crippen LogP contribution in [-0.2, 0) is 0 Å². The zero-order chi connectivity index (χ0) is 18.3. The van der Waals surface area contributed by atoms with E-state index < -0.39 is 23.9 Å². The molecule has 0 fully saturated rings. The van der Waals surface area contributed by atoms with E-state index in [4.69, 9.17) is 20.4 Å². The van der Waals surface area contributed by atoms with Gasteiger partial charge in [0.25, 0.3) is 0 Å². The molecule has 0 bridgehead atoms. The number of carbonyl (C=O) groups is 4. The van der Waals surface area contributed by atoms with Crippen molar-refractivity contribution in [3.05, 3.63) is 70.8 Å². The third-order valence-corrected chi connectivity index (χ3v) is 2.78. The van der Waals surface area contributed by atoms with Gasteiger partial charge in [0.05, 0.1) is 22.3 Å². The lowest BCUT2D eigenvalue weighted by Crippen LogP contribution is -2.06. The monoisotopic (exact) mass is 366 g/mol. The van der Waals surface area contributed by atoms with Crippen LogP contribution in [0.5, 0.6) is 0 Å². The molecule has 9 heteroatoms. The minimum Gasteiger partial charge on any atom is -0.478 e. The standard InChI is InChI=1S/2C8H6O4.H2S/c2*9-7(10)5-3-1-2-4-6(5)8(11)12;/h2*1-4H,(H,9,10)(H,11,12);1H2. The molecule has 0 atom stereocenters. The van der Waals surface area contributed by atoms with Crippen molar-refractivity contribution in [1.29, 1.82) is 0 Å². The lowest BCUT2D eigenvalue weighted by atomic mass is 10.1. The highest BCUT2D eigenvalue weighted by molar-refractivity contribution is 7.59. The molecule has 4 N–H and O–H groups in total. The van der Waals surface area contributed by atoms with Crippen molar-refractivity contribution in [1.82, 2.24) is 0 Å². The highest BCUT2D eigenvalue weighted by Gasteiger charge is 2.14. The minimum absolute atomic E-state index is 0. The van der Waals surface area contributed by atoms with Crippen molar-refractivity contribution in [2.24, 2.45) is 0 Å². The second-order valence-corrected chi connectivity index (χ2v) is 4.31. The SMILES string of the molecule is O=C(O)c1ccccc1C(=O)O.O=C(O)c1ccccc1C(=O)O.S. The van der Waals surface area contributed by atoms with Crippen LogP contribution < -0.4 is 0 Å². The van der Waals surface area contributed by atoms with Crippen LogP contribution in [0.2, 0.25) is 0 Å². The van der Waals surface area contributed by atoms with E-state index in [1.54, 1.807) is 0 Å². The van der Waals surface area contributed by atoms with Crippen LogP contribution in [-0.4, -0.2) is 44.3 Å². The Hall–Kier alpha value is -3.33. The fraction of sp³-hybridized carbons (Fsp3) is 0. The molecule has 132 valence electrons. The molecule has 0 aliphatic heterocycles. The second kappa shape index (κ2) is 9.73. The fourth-order valence-corrected chi connectivity index (χ4v) is 1.71. The van der Waals surface area contributed by atoms with Gasteiger partial charge in [0.2, 0.25) is 0 Å². The third kappa shape index (κ3) is 5.99. The largest absolute Gasteiger partial charge is 0.478 e. The average molecular weight is 366 g/mol. The quantitative estimate of drug-likeness (QED) is 0.644. The number of aromatic carboxylic acids is 4. The van der Waals surface area contributed by atoms with Crippen LogP contribution in [0.4, 0.5) is 0 Å². The predicted octanol–water partition coefficient (Wildman–Crippen LogP) is 2.28. The molecule has 0 aliphatic carbocycles. The van der Waals surface area contributed by atoms with Gasteiger partial charge in [-0.05, 0) is 24.3 Å². The van der Waals surface area contributed by atoms with Crippen molar-refractivity contribution in [2.45, 2.75) is 0 Å². The summed E-state index contributed by atoms with van der Waals surface area (Å²) in [6, 6.07) is 11.0. The van der Waals surface area contributed by atoms with Gasteiger partial charge < -0.3 is 20.4 Å². The maximum absolute atomic E-state index is 10.5. The van der Waals surface area contributed by atoms with Crippen LogP contribution in [0.1, 0.15) is 41.4 Å². The number of hydrogen-bond donors (Lipinski definition) is 4. The first kappa shape index (κ1) is 21.7. The molecule has 0 radical (unpaired) electrons. The highest BCUT2D eigenvalue weighted by Crippen LogP contribution is 2.08. The lowest BCUT2D eigenvalue weighted by molar-refractivity contribution is 0.0651. The van der Waals surface area contributed by atoms with Gasteiger partial charge in [-0.2, -0.15) is 13.5 Å². The Labute approximate surface area is 148 Å². The number of carboxylic acid groups (broad SMARTS) is 4. The van der Waals surface area contributed by atoms with Gasteiger partial charge in [0, 0.05) is 0 Å². The first-order chi connectivity index (χ1) is 11.3. The van der Waals surface area contributed by atoms with Crippen molar-refractivity contribution in [2.75, 3.05) is 0 Å². The van der Waals surface area contributed by atoms with Crippen molar-refractivity contribution < 1.29 is 39.6 Å². The number of carboxylic acids is 4. The lowest BCUT2D eigenvalue weighted by Gasteiger charge is -1.98. The molecule has 0 spiro atoms. The Morgan fingerprint density at radius 3 is 0.760 bits per heavy atom. The van der Waals surface area contributed by atoms with E-state index in [1.165, 1.54) is 48.5 Å². The topological polar surface area (TPSA) is 149 Å². The van der Waals surface area contributed by atoms with Gasteiger partial charge in [-0.15, -0.1) is 0 Å². The van der Waals surface area contributed by atoms with E-state index in [0.717, 1.165) is 0 Å². The highest BCUT2D eigenvalue weighted by atomic mass is 32.1. The minimum atomic E-state index is -1.23. The smallest absolute Gasteiger partial charge is 0.336 e. The fourth-order valence-electron chi connectivity index (χ4n) is 1.71. The van der Waals surface area contributed by atoms with Crippen LogP contribution in [0.25, 0.3) is 0 Å². The Balaban J connectivity index is 0.000000443. The van der Waals surface area contributed by atoms with Crippen molar-refractivity contribution in [3.63, 3.8) is 0 Å². The Morgan fingerprint density at radius 1 is 0.480 bits per heavy atom. The molecule has 0 heterocycles. The van der Waals surface area contributed by atoms with E-state index in [9.17, 15) is 19.2 Å². The molecule has 0 saturated carbocycles. The first-order valence-corrected chi connectivity index (χ1v) is 6.37. The summed E-state index contributed by atoms with van der Waals surface area (Å²) >= 11 is 0.